The van der Waals surface area contributed by atoms with Crippen molar-refractivity contribution in [3.63, 3.8) is 0 Å². The first-order chi connectivity index (χ1) is 9.83. The van der Waals surface area contributed by atoms with Gasteiger partial charge in [-0.3, -0.25) is 4.98 Å². The predicted molar refractivity (Wildman–Crippen MR) is 79.1 cm³/mol. The molecule has 0 spiro atoms. The van der Waals surface area contributed by atoms with Crippen molar-refractivity contribution in [2.24, 2.45) is 0 Å². The molecule has 0 aliphatic carbocycles. The van der Waals surface area contributed by atoms with Crippen molar-refractivity contribution in [3.05, 3.63) is 24.0 Å². The second-order valence-electron chi connectivity index (χ2n) is 4.49. The van der Waals surface area contributed by atoms with Gasteiger partial charge in [0.1, 0.15) is 5.75 Å². The van der Waals surface area contributed by atoms with E-state index in [2.05, 4.69) is 17.2 Å². The van der Waals surface area contributed by atoms with Crippen LogP contribution >= 0.6 is 0 Å². The van der Waals surface area contributed by atoms with E-state index in [1.54, 1.807) is 20.4 Å². The molecule has 1 N–H and O–H groups in total. The quantitative estimate of drug-likeness (QED) is 0.630. The van der Waals surface area contributed by atoms with E-state index in [0.29, 0.717) is 19.8 Å². The summed E-state index contributed by atoms with van der Waals surface area (Å²) in [6.07, 6.45) is 3.73. The van der Waals surface area contributed by atoms with Gasteiger partial charge < -0.3 is 19.5 Å². The monoisotopic (exact) mass is 282 g/mol. The Morgan fingerprint density at radius 2 is 2.10 bits per heavy atom. The van der Waals surface area contributed by atoms with Crippen LogP contribution in [0.2, 0.25) is 0 Å². The van der Waals surface area contributed by atoms with E-state index in [-0.39, 0.29) is 6.04 Å². The highest BCUT2D eigenvalue weighted by molar-refractivity contribution is 5.29. The molecule has 1 aromatic rings. The van der Waals surface area contributed by atoms with E-state index in [1.165, 1.54) is 0 Å². The highest BCUT2D eigenvalue weighted by atomic mass is 16.5. The van der Waals surface area contributed by atoms with Gasteiger partial charge in [-0.15, -0.1) is 0 Å². The van der Waals surface area contributed by atoms with E-state index in [1.807, 2.05) is 12.1 Å². The zero-order valence-electron chi connectivity index (χ0n) is 12.7. The fraction of sp³-hybridized carbons (Fsp3) is 0.667. The van der Waals surface area contributed by atoms with Crippen molar-refractivity contribution in [3.8, 4) is 5.75 Å². The number of nitrogens with zero attached hydrogens (tertiary/aromatic N) is 1. The van der Waals surface area contributed by atoms with E-state index in [4.69, 9.17) is 14.2 Å². The molecule has 5 nitrogen and oxygen atoms in total. The Morgan fingerprint density at radius 3 is 2.80 bits per heavy atom. The van der Waals surface area contributed by atoms with E-state index >= 15 is 0 Å². The largest absolute Gasteiger partial charge is 0.495 e. The van der Waals surface area contributed by atoms with Crippen LogP contribution in [-0.2, 0) is 9.47 Å². The van der Waals surface area contributed by atoms with Gasteiger partial charge >= 0.3 is 0 Å². The molecule has 1 heterocycles. The number of methoxy groups -OCH3 is 2. The molecule has 20 heavy (non-hydrogen) atoms. The molecular weight excluding hydrogens is 256 g/mol. The van der Waals surface area contributed by atoms with Crippen molar-refractivity contribution >= 4 is 0 Å². The maximum atomic E-state index is 5.55. The van der Waals surface area contributed by atoms with Crippen LogP contribution in [0.4, 0.5) is 0 Å². The molecule has 0 fully saturated rings. The Labute approximate surface area is 121 Å². The summed E-state index contributed by atoms with van der Waals surface area (Å²) in [7, 11) is 3.35. The van der Waals surface area contributed by atoms with Crippen LogP contribution in [-0.4, -0.2) is 45.6 Å². The van der Waals surface area contributed by atoms with Gasteiger partial charge in [0.2, 0.25) is 0 Å². The molecule has 0 bridgehead atoms. The second kappa shape index (κ2) is 10.6. The minimum Gasteiger partial charge on any atom is -0.495 e. The van der Waals surface area contributed by atoms with Gasteiger partial charge in [0.15, 0.2) is 0 Å². The van der Waals surface area contributed by atoms with Crippen LogP contribution in [0.3, 0.4) is 0 Å². The lowest BCUT2D eigenvalue weighted by atomic mass is 10.1. The lowest BCUT2D eigenvalue weighted by Gasteiger charge is -2.20. The van der Waals surface area contributed by atoms with Gasteiger partial charge in [-0.05, 0) is 31.5 Å². The molecule has 0 aromatic carbocycles. The second-order valence-corrected chi connectivity index (χ2v) is 4.49. The van der Waals surface area contributed by atoms with E-state index < -0.39 is 0 Å². The number of hydrogen-bond acceptors (Lipinski definition) is 5. The topological polar surface area (TPSA) is 52.6 Å². The number of rotatable bonds is 11. The first-order valence-electron chi connectivity index (χ1n) is 7.12. The lowest BCUT2D eigenvalue weighted by Crippen LogP contribution is -2.25. The van der Waals surface area contributed by atoms with Gasteiger partial charge in [-0.25, -0.2) is 0 Å². The normalized spacial score (nSPS) is 12.3. The zero-order valence-corrected chi connectivity index (χ0v) is 12.7. The molecule has 0 radical (unpaired) electrons. The summed E-state index contributed by atoms with van der Waals surface area (Å²) in [5.41, 5.74) is 0.943. The number of hydrogen-bond donors (Lipinski definition) is 1. The minimum absolute atomic E-state index is 0.147. The van der Waals surface area contributed by atoms with Gasteiger partial charge in [0.05, 0.1) is 32.1 Å². The van der Waals surface area contributed by atoms with Crippen LogP contribution in [0.25, 0.3) is 0 Å². The molecule has 0 saturated carbocycles. The predicted octanol–water partition coefficient (Wildman–Crippen LogP) is 2.18. The third-order valence-electron chi connectivity index (χ3n) is 2.97. The molecule has 1 atom stereocenters. The fourth-order valence-electron chi connectivity index (χ4n) is 1.94. The summed E-state index contributed by atoms with van der Waals surface area (Å²) in [6, 6.07) is 3.97. The van der Waals surface area contributed by atoms with Crippen LogP contribution in [0.1, 0.15) is 31.5 Å². The molecule has 1 aromatic heterocycles. The average molecular weight is 282 g/mol. The third-order valence-corrected chi connectivity index (χ3v) is 2.97. The first kappa shape index (κ1) is 16.9. The zero-order chi connectivity index (χ0) is 14.6. The van der Waals surface area contributed by atoms with Crippen molar-refractivity contribution in [1.29, 1.82) is 0 Å². The van der Waals surface area contributed by atoms with Gasteiger partial charge in [0.25, 0.3) is 0 Å². The molecule has 0 aliphatic heterocycles. The molecule has 0 amide bonds. The highest BCUT2D eigenvalue weighted by Gasteiger charge is 2.16. The van der Waals surface area contributed by atoms with Crippen LogP contribution in [0, 0.1) is 0 Å². The van der Waals surface area contributed by atoms with E-state index in [9.17, 15) is 0 Å². The Morgan fingerprint density at radius 1 is 1.25 bits per heavy atom. The van der Waals surface area contributed by atoms with Crippen LogP contribution in [0.15, 0.2) is 18.3 Å². The summed E-state index contributed by atoms with van der Waals surface area (Å²) < 4.78 is 15.9. The number of pyridine rings is 1. The van der Waals surface area contributed by atoms with Crippen LogP contribution < -0.4 is 10.1 Å². The summed E-state index contributed by atoms with van der Waals surface area (Å²) in [5.74, 6) is 0.818. The Bertz CT molecular complexity index is 361. The molecule has 1 rings (SSSR count). The minimum atomic E-state index is 0.147. The first-order valence-corrected chi connectivity index (χ1v) is 7.12. The average Bonchev–Trinajstić information content (AvgIpc) is 2.50. The molecule has 114 valence electrons. The molecule has 0 aliphatic rings. The van der Waals surface area contributed by atoms with Gasteiger partial charge in [0, 0.05) is 19.9 Å². The van der Waals surface area contributed by atoms with Gasteiger partial charge in [-0.2, -0.15) is 0 Å². The van der Waals surface area contributed by atoms with Crippen molar-refractivity contribution in [2.75, 3.05) is 40.6 Å². The SMILES string of the molecule is CCCNC(CCOCCOC)c1ncccc1OC. The van der Waals surface area contributed by atoms with Crippen molar-refractivity contribution in [2.45, 2.75) is 25.8 Å². The van der Waals surface area contributed by atoms with Gasteiger partial charge in [-0.1, -0.05) is 6.92 Å². The maximum Gasteiger partial charge on any atom is 0.141 e. The standard InChI is InChI=1S/C15H26N2O3/c1-4-8-16-13(7-10-20-12-11-18-2)15-14(19-3)6-5-9-17-15/h5-6,9,13,16H,4,7-8,10-12H2,1-3H3. The summed E-state index contributed by atoms with van der Waals surface area (Å²) in [6.45, 7) is 5.01. The maximum absolute atomic E-state index is 5.55. The number of nitrogens with one attached hydrogen (secondary N) is 1. The Hall–Kier alpha value is -1.17. The summed E-state index contributed by atoms with van der Waals surface area (Å²) in [5, 5.41) is 3.50. The van der Waals surface area contributed by atoms with Crippen molar-refractivity contribution < 1.29 is 14.2 Å². The third kappa shape index (κ3) is 5.86. The lowest BCUT2D eigenvalue weighted by molar-refractivity contribution is 0.0655. The summed E-state index contributed by atoms with van der Waals surface area (Å²) >= 11 is 0. The fourth-order valence-corrected chi connectivity index (χ4v) is 1.94. The van der Waals surface area contributed by atoms with E-state index in [0.717, 1.165) is 30.8 Å². The number of ether oxygens (including phenoxy) is 3. The Kier molecular flexibility index (Phi) is 8.95. The summed E-state index contributed by atoms with van der Waals surface area (Å²) in [4.78, 5) is 4.45. The smallest absolute Gasteiger partial charge is 0.141 e. The molecular formula is C15H26N2O3. The van der Waals surface area contributed by atoms with Crippen LogP contribution in [0.5, 0.6) is 5.75 Å². The molecule has 1 unspecified atom stereocenters. The highest BCUT2D eigenvalue weighted by Crippen LogP contribution is 2.24. The molecule has 5 heteroatoms. The Balaban J connectivity index is 2.58. The van der Waals surface area contributed by atoms with Crippen molar-refractivity contribution in [1.82, 2.24) is 10.3 Å². The molecule has 0 saturated heterocycles. The number of aromatic nitrogens is 1.